The molecule has 36 heavy (non-hydrogen) atoms. The minimum absolute atomic E-state index is 0.0840. The third-order valence-corrected chi connectivity index (χ3v) is 7.51. The quantitative estimate of drug-likeness (QED) is 0.405. The van der Waals surface area contributed by atoms with Crippen LogP contribution in [-0.2, 0) is 0 Å². The lowest BCUT2D eigenvalue weighted by Gasteiger charge is -2.28. The van der Waals surface area contributed by atoms with Gasteiger partial charge in [0, 0.05) is 36.0 Å². The van der Waals surface area contributed by atoms with Gasteiger partial charge >= 0.3 is 0 Å². The average Bonchev–Trinajstić information content (AvgIpc) is 3.66. The number of halogens is 2. The van der Waals surface area contributed by atoms with Crippen LogP contribution in [0.4, 0.5) is 14.5 Å². The zero-order valence-electron chi connectivity index (χ0n) is 19.7. The second-order valence-corrected chi connectivity index (χ2v) is 9.68. The highest BCUT2D eigenvalue weighted by Crippen LogP contribution is 2.38. The first-order chi connectivity index (χ1) is 17.6. The molecule has 1 saturated carbocycles. The van der Waals surface area contributed by atoms with Gasteiger partial charge in [-0.2, -0.15) is 5.10 Å². The molecule has 1 unspecified atom stereocenters. The van der Waals surface area contributed by atoms with Gasteiger partial charge in [-0.25, -0.2) is 18.3 Å². The second-order valence-electron chi connectivity index (χ2n) is 9.68. The number of nitrogens with one attached hydrogen (secondary N) is 1. The summed E-state index contributed by atoms with van der Waals surface area (Å²) in [5, 5.41) is 7.52. The van der Waals surface area contributed by atoms with Crippen LogP contribution in [-0.4, -0.2) is 33.1 Å². The fourth-order valence-corrected chi connectivity index (χ4v) is 5.68. The molecule has 1 aliphatic carbocycles. The summed E-state index contributed by atoms with van der Waals surface area (Å²) in [7, 11) is 0. The molecule has 1 saturated heterocycles. The van der Waals surface area contributed by atoms with E-state index in [1.54, 1.807) is 29.4 Å². The van der Waals surface area contributed by atoms with Crippen LogP contribution in [0.2, 0.25) is 0 Å². The molecule has 0 bridgehead atoms. The Bertz CT molecular complexity index is 1380. The topological polar surface area (TPSA) is 75.7 Å². The van der Waals surface area contributed by atoms with Gasteiger partial charge in [-0.05, 0) is 68.9 Å². The Morgan fingerprint density at radius 1 is 1.08 bits per heavy atom. The fraction of sp³-hybridized carbons (Fsp3) is 0.370. The lowest BCUT2D eigenvalue weighted by Crippen LogP contribution is -2.37. The van der Waals surface area contributed by atoms with E-state index in [4.69, 9.17) is 4.42 Å². The molecule has 2 fully saturated rings. The molecule has 186 valence electrons. The molecular formula is C27H27F2N5O2. The number of benzene rings is 1. The fourth-order valence-electron chi connectivity index (χ4n) is 5.68. The number of aromatic nitrogens is 3. The molecule has 1 N–H and O–H groups in total. The number of amides is 1. The Hall–Kier alpha value is -3.75. The smallest absolute Gasteiger partial charge is 0.255 e. The Morgan fingerprint density at radius 3 is 2.75 bits per heavy atom. The number of anilines is 1. The van der Waals surface area contributed by atoms with Crippen molar-refractivity contribution in [3.05, 3.63) is 83.8 Å². The maximum atomic E-state index is 14.5. The van der Waals surface area contributed by atoms with E-state index in [0.717, 1.165) is 62.7 Å². The van der Waals surface area contributed by atoms with Crippen molar-refractivity contribution in [3.63, 3.8) is 0 Å². The van der Waals surface area contributed by atoms with Crippen molar-refractivity contribution in [1.29, 1.82) is 0 Å². The minimum Gasteiger partial charge on any atom is -0.449 e. The SMILES string of the molecule is O=C(NC1CCC(c2ncco2)CC1)c1cnn2ccc(N3CCCC3c3cc(F)ccc3F)cc12. The number of hydrogen-bond acceptors (Lipinski definition) is 5. The maximum Gasteiger partial charge on any atom is 0.255 e. The number of hydrogen-bond donors (Lipinski definition) is 1. The standard InChI is InChI=1S/C27H27F2N5O2/c28-18-5-8-23(29)21(14-18)24-2-1-11-33(24)20-9-12-34-25(15-20)22(16-31-34)26(35)32-19-6-3-17(4-7-19)27-30-10-13-36-27/h5,8-10,12-17,19,24H,1-4,6-7,11H2,(H,32,35). The zero-order valence-corrected chi connectivity index (χ0v) is 19.7. The van der Waals surface area contributed by atoms with Crippen molar-refractivity contribution in [3.8, 4) is 0 Å². The predicted octanol–water partition coefficient (Wildman–Crippen LogP) is 5.40. The molecule has 3 aromatic heterocycles. The van der Waals surface area contributed by atoms with Crippen LogP contribution in [0.3, 0.4) is 0 Å². The molecule has 9 heteroatoms. The molecule has 6 rings (SSSR count). The van der Waals surface area contributed by atoms with Gasteiger partial charge in [-0.1, -0.05) is 0 Å². The van der Waals surface area contributed by atoms with Crippen molar-refractivity contribution in [2.24, 2.45) is 0 Å². The summed E-state index contributed by atoms with van der Waals surface area (Å²) < 4.78 is 35.5. The second kappa shape index (κ2) is 9.37. The van der Waals surface area contributed by atoms with Gasteiger partial charge < -0.3 is 14.6 Å². The van der Waals surface area contributed by atoms with E-state index in [0.29, 0.717) is 22.6 Å². The molecule has 1 aliphatic heterocycles. The molecular weight excluding hydrogens is 464 g/mol. The van der Waals surface area contributed by atoms with Gasteiger partial charge in [0.1, 0.15) is 17.9 Å². The summed E-state index contributed by atoms with van der Waals surface area (Å²) in [6.45, 7) is 0.722. The largest absolute Gasteiger partial charge is 0.449 e. The number of nitrogens with zero attached hydrogens (tertiary/aromatic N) is 4. The van der Waals surface area contributed by atoms with Crippen LogP contribution < -0.4 is 10.2 Å². The Kier molecular flexibility index (Phi) is 5.91. The van der Waals surface area contributed by atoms with Crippen LogP contribution in [0.1, 0.15) is 72.3 Å². The van der Waals surface area contributed by atoms with E-state index in [-0.39, 0.29) is 18.0 Å². The predicted molar refractivity (Wildman–Crippen MR) is 130 cm³/mol. The van der Waals surface area contributed by atoms with E-state index in [2.05, 4.69) is 20.3 Å². The summed E-state index contributed by atoms with van der Waals surface area (Å²) in [5.41, 5.74) is 2.40. The number of pyridine rings is 1. The Morgan fingerprint density at radius 2 is 1.94 bits per heavy atom. The highest BCUT2D eigenvalue weighted by molar-refractivity contribution is 6.01. The molecule has 7 nitrogen and oxygen atoms in total. The molecule has 4 aromatic rings. The molecule has 0 spiro atoms. The van der Waals surface area contributed by atoms with E-state index in [9.17, 15) is 13.6 Å². The number of carbonyl (C=O) groups excluding carboxylic acids is 1. The molecule has 1 aromatic carbocycles. The van der Waals surface area contributed by atoms with Crippen molar-refractivity contribution < 1.29 is 18.0 Å². The molecule has 4 heterocycles. The van der Waals surface area contributed by atoms with E-state index in [1.165, 1.54) is 12.1 Å². The lowest BCUT2D eigenvalue weighted by molar-refractivity contribution is 0.0926. The third-order valence-electron chi connectivity index (χ3n) is 7.51. The third kappa shape index (κ3) is 4.23. The van der Waals surface area contributed by atoms with Gasteiger partial charge in [-0.3, -0.25) is 4.79 Å². The molecule has 2 aliphatic rings. The Labute approximate surface area is 207 Å². The van der Waals surface area contributed by atoms with E-state index in [1.807, 2.05) is 12.1 Å². The summed E-state index contributed by atoms with van der Waals surface area (Å²) in [6, 6.07) is 7.25. The normalized spacial score (nSPS) is 22.3. The van der Waals surface area contributed by atoms with E-state index < -0.39 is 11.6 Å². The van der Waals surface area contributed by atoms with Gasteiger partial charge in [0.2, 0.25) is 0 Å². The number of fused-ring (bicyclic) bond motifs is 1. The molecule has 1 atom stereocenters. The van der Waals surface area contributed by atoms with Crippen molar-refractivity contribution >= 4 is 17.1 Å². The minimum atomic E-state index is -0.446. The number of rotatable bonds is 5. The van der Waals surface area contributed by atoms with Crippen LogP contribution >= 0.6 is 0 Å². The first-order valence-electron chi connectivity index (χ1n) is 12.5. The molecule has 1 amide bonds. The van der Waals surface area contributed by atoms with Crippen molar-refractivity contribution in [2.45, 2.75) is 56.5 Å². The number of carbonyl (C=O) groups is 1. The zero-order chi connectivity index (χ0) is 24.6. The van der Waals surface area contributed by atoms with Crippen LogP contribution in [0.25, 0.3) is 5.52 Å². The van der Waals surface area contributed by atoms with Gasteiger partial charge in [0.25, 0.3) is 5.91 Å². The van der Waals surface area contributed by atoms with Gasteiger partial charge in [-0.15, -0.1) is 0 Å². The van der Waals surface area contributed by atoms with Crippen molar-refractivity contribution in [1.82, 2.24) is 19.9 Å². The average molecular weight is 492 g/mol. The number of oxazole rings is 1. The highest BCUT2D eigenvalue weighted by Gasteiger charge is 2.30. The van der Waals surface area contributed by atoms with Gasteiger partial charge in [0.05, 0.1) is 29.5 Å². The summed E-state index contributed by atoms with van der Waals surface area (Å²) in [4.78, 5) is 19.5. The summed E-state index contributed by atoms with van der Waals surface area (Å²) >= 11 is 0. The molecule has 0 radical (unpaired) electrons. The van der Waals surface area contributed by atoms with Crippen LogP contribution in [0.5, 0.6) is 0 Å². The van der Waals surface area contributed by atoms with Gasteiger partial charge in [0.15, 0.2) is 5.89 Å². The van der Waals surface area contributed by atoms with Crippen LogP contribution in [0, 0.1) is 11.6 Å². The maximum absolute atomic E-state index is 14.5. The lowest BCUT2D eigenvalue weighted by atomic mass is 9.86. The first kappa shape index (κ1) is 22.7. The van der Waals surface area contributed by atoms with Crippen molar-refractivity contribution in [2.75, 3.05) is 11.4 Å². The summed E-state index contributed by atoms with van der Waals surface area (Å²) in [5.74, 6) is 0.0578. The first-order valence-corrected chi connectivity index (χ1v) is 12.5. The van der Waals surface area contributed by atoms with E-state index >= 15 is 0 Å². The summed E-state index contributed by atoms with van der Waals surface area (Å²) in [6.07, 6.45) is 11.8. The highest BCUT2D eigenvalue weighted by atomic mass is 19.1. The monoisotopic (exact) mass is 491 g/mol. The Balaban J connectivity index is 1.20. The van der Waals surface area contributed by atoms with Crippen LogP contribution in [0.15, 0.2) is 59.6 Å².